The maximum Gasteiger partial charge on any atom is 0.122 e. The minimum absolute atomic E-state index is 0.323. The van der Waals surface area contributed by atoms with Gasteiger partial charge >= 0.3 is 0 Å². The number of unbranched alkanes of at least 4 members (excludes halogenated alkanes) is 2. The van der Waals surface area contributed by atoms with E-state index >= 15 is 0 Å². The van der Waals surface area contributed by atoms with Crippen LogP contribution < -0.4 is 0 Å². The van der Waals surface area contributed by atoms with E-state index in [4.69, 9.17) is 0 Å². The lowest BCUT2D eigenvalue weighted by Crippen LogP contribution is -1.79. The third-order valence-corrected chi connectivity index (χ3v) is 2.18. The third kappa shape index (κ3) is 4.50. The minimum atomic E-state index is 0.323. The maximum atomic E-state index is 9.69. The number of allylic oxidation sites excluding steroid dienone is 3. The number of rotatable bonds is 5. The van der Waals surface area contributed by atoms with Gasteiger partial charge in [0.05, 0.1) is 0 Å². The molecule has 0 atom stereocenters. The van der Waals surface area contributed by atoms with E-state index in [1.165, 1.54) is 12.8 Å². The van der Waals surface area contributed by atoms with Crippen molar-refractivity contribution in [3.63, 3.8) is 0 Å². The molecule has 0 unspecified atom stereocenters. The Morgan fingerprint density at radius 1 is 1.27 bits per heavy atom. The highest BCUT2D eigenvalue weighted by molar-refractivity contribution is 5.59. The molecule has 0 aliphatic rings. The molecule has 1 aromatic rings. The SMILES string of the molecule is CCCCC=CC=C(O)c1ccccc1. The van der Waals surface area contributed by atoms with Gasteiger partial charge in [0.15, 0.2) is 0 Å². The monoisotopic (exact) mass is 202 g/mol. The Hall–Kier alpha value is -1.50. The lowest BCUT2D eigenvalue weighted by Gasteiger charge is -1.97. The van der Waals surface area contributed by atoms with Crippen molar-refractivity contribution in [3.05, 3.63) is 54.1 Å². The highest BCUT2D eigenvalue weighted by atomic mass is 16.3. The van der Waals surface area contributed by atoms with Crippen LogP contribution in [0.2, 0.25) is 0 Å². The quantitative estimate of drug-likeness (QED) is 0.428. The van der Waals surface area contributed by atoms with Gasteiger partial charge in [-0.05, 0) is 12.5 Å². The minimum Gasteiger partial charge on any atom is -0.507 e. The summed E-state index contributed by atoms with van der Waals surface area (Å²) in [6.07, 6.45) is 9.23. The van der Waals surface area contributed by atoms with Gasteiger partial charge in [0.1, 0.15) is 5.76 Å². The molecule has 0 saturated heterocycles. The van der Waals surface area contributed by atoms with Crippen molar-refractivity contribution in [1.29, 1.82) is 0 Å². The Morgan fingerprint density at radius 3 is 2.67 bits per heavy atom. The predicted octanol–water partition coefficient (Wildman–Crippen LogP) is 4.33. The normalized spacial score (nSPS) is 12.2. The molecule has 1 nitrogen and oxygen atoms in total. The van der Waals surface area contributed by atoms with Gasteiger partial charge in [0.25, 0.3) is 0 Å². The predicted molar refractivity (Wildman–Crippen MR) is 65.7 cm³/mol. The first-order valence-corrected chi connectivity index (χ1v) is 5.45. The molecule has 0 fully saturated rings. The highest BCUT2D eigenvalue weighted by Crippen LogP contribution is 2.10. The van der Waals surface area contributed by atoms with Crippen molar-refractivity contribution >= 4 is 5.76 Å². The van der Waals surface area contributed by atoms with Crippen molar-refractivity contribution in [2.45, 2.75) is 26.2 Å². The van der Waals surface area contributed by atoms with Gasteiger partial charge in [0, 0.05) is 5.56 Å². The number of hydrogen-bond donors (Lipinski definition) is 1. The smallest absolute Gasteiger partial charge is 0.122 e. The zero-order chi connectivity index (χ0) is 10.9. The lowest BCUT2D eigenvalue weighted by atomic mass is 10.2. The highest BCUT2D eigenvalue weighted by Gasteiger charge is 1.93. The summed E-state index contributed by atoms with van der Waals surface area (Å²) in [7, 11) is 0. The first-order chi connectivity index (χ1) is 7.34. The molecule has 0 aliphatic heterocycles. The summed E-state index contributed by atoms with van der Waals surface area (Å²) in [5, 5.41) is 9.69. The topological polar surface area (TPSA) is 20.2 Å². The largest absolute Gasteiger partial charge is 0.507 e. The molecule has 0 aromatic heterocycles. The van der Waals surface area contributed by atoms with Crippen LogP contribution in [0.3, 0.4) is 0 Å². The molecule has 0 bridgehead atoms. The van der Waals surface area contributed by atoms with Crippen molar-refractivity contribution in [2.24, 2.45) is 0 Å². The van der Waals surface area contributed by atoms with E-state index in [0.29, 0.717) is 5.76 Å². The number of aliphatic hydroxyl groups is 1. The van der Waals surface area contributed by atoms with Crippen LogP contribution in [-0.4, -0.2) is 5.11 Å². The van der Waals surface area contributed by atoms with Gasteiger partial charge in [-0.2, -0.15) is 0 Å². The van der Waals surface area contributed by atoms with Gasteiger partial charge in [0.2, 0.25) is 0 Å². The van der Waals surface area contributed by atoms with Crippen molar-refractivity contribution < 1.29 is 5.11 Å². The average Bonchev–Trinajstić information content (AvgIpc) is 2.30. The van der Waals surface area contributed by atoms with Crippen LogP contribution in [0.25, 0.3) is 5.76 Å². The summed E-state index contributed by atoms with van der Waals surface area (Å²) in [5.41, 5.74) is 0.859. The van der Waals surface area contributed by atoms with Gasteiger partial charge in [-0.1, -0.05) is 62.2 Å². The Bertz CT molecular complexity index is 322. The molecule has 0 heterocycles. The summed E-state index contributed by atoms with van der Waals surface area (Å²) < 4.78 is 0. The average molecular weight is 202 g/mol. The third-order valence-electron chi connectivity index (χ3n) is 2.18. The Labute approximate surface area is 91.8 Å². The Balaban J connectivity index is 2.50. The fourth-order valence-corrected chi connectivity index (χ4v) is 1.28. The second-order valence-corrected chi connectivity index (χ2v) is 3.49. The molecule has 0 radical (unpaired) electrons. The van der Waals surface area contributed by atoms with Crippen LogP contribution in [0.15, 0.2) is 48.6 Å². The van der Waals surface area contributed by atoms with Crippen LogP contribution in [0.1, 0.15) is 31.7 Å². The van der Waals surface area contributed by atoms with E-state index in [-0.39, 0.29) is 0 Å². The number of aliphatic hydroxyl groups excluding tert-OH is 1. The zero-order valence-corrected chi connectivity index (χ0v) is 9.19. The van der Waals surface area contributed by atoms with Crippen LogP contribution in [0.4, 0.5) is 0 Å². The van der Waals surface area contributed by atoms with E-state index in [1.54, 1.807) is 6.08 Å². The molecule has 0 aliphatic carbocycles. The molecular weight excluding hydrogens is 184 g/mol. The van der Waals surface area contributed by atoms with Crippen LogP contribution in [-0.2, 0) is 0 Å². The first-order valence-electron chi connectivity index (χ1n) is 5.45. The Morgan fingerprint density at radius 2 is 2.00 bits per heavy atom. The van der Waals surface area contributed by atoms with Gasteiger partial charge < -0.3 is 5.11 Å². The van der Waals surface area contributed by atoms with E-state index in [1.807, 2.05) is 36.4 Å². The van der Waals surface area contributed by atoms with Crippen molar-refractivity contribution in [3.8, 4) is 0 Å². The van der Waals surface area contributed by atoms with Gasteiger partial charge in [-0.15, -0.1) is 0 Å². The Kier molecular flexibility index (Phi) is 5.31. The summed E-state index contributed by atoms with van der Waals surface area (Å²) >= 11 is 0. The van der Waals surface area contributed by atoms with E-state index in [9.17, 15) is 5.11 Å². The van der Waals surface area contributed by atoms with Crippen LogP contribution in [0, 0.1) is 0 Å². The summed E-state index contributed by atoms with van der Waals surface area (Å²) in [4.78, 5) is 0. The van der Waals surface area contributed by atoms with Gasteiger partial charge in [-0.3, -0.25) is 0 Å². The summed E-state index contributed by atoms with van der Waals surface area (Å²) in [6.45, 7) is 2.17. The van der Waals surface area contributed by atoms with E-state index < -0.39 is 0 Å². The number of benzene rings is 1. The van der Waals surface area contributed by atoms with E-state index in [0.717, 1.165) is 12.0 Å². The summed E-state index contributed by atoms with van der Waals surface area (Å²) in [5.74, 6) is 0.323. The lowest BCUT2D eigenvalue weighted by molar-refractivity contribution is 0.512. The second-order valence-electron chi connectivity index (χ2n) is 3.49. The van der Waals surface area contributed by atoms with E-state index in [2.05, 4.69) is 13.0 Å². The molecular formula is C14H18O. The van der Waals surface area contributed by atoms with Crippen LogP contribution in [0.5, 0.6) is 0 Å². The fourth-order valence-electron chi connectivity index (χ4n) is 1.28. The summed E-state index contributed by atoms with van der Waals surface area (Å²) in [6, 6.07) is 9.56. The molecule has 80 valence electrons. The van der Waals surface area contributed by atoms with Crippen LogP contribution >= 0.6 is 0 Å². The standard InChI is InChI=1S/C14H18O/c1-2-3-4-5-9-12-14(15)13-10-7-6-8-11-13/h5-12,15H,2-4H2,1H3. The molecule has 15 heavy (non-hydrogen) atoms. The van der Waals surface area contributed by atoms with Gasteiger partial charge in [-0.25, -0.2) is 0 Å². The molecule has 0 amide bonds. The fraction of sp³-hybridized carbons (Fsp3) is 0.286. The zero-order valence-electron chi connectivity index (χ0n) is 9.19. The number of hydrogen-bond acceptors (Lipinski definition) is 1. The first kappa shape index (κ1) is 11.6. The second kappa shape index (κ2) is 6.88. The molecule has 1 heteroatoms. The molecule has 1 rings (SSSR count). The molecule has 0 saturated carbocycles. The van der Waals surface area contributed by atoms with Crippen molar-refractivity contribution in [1.82, 2.24) is 0 Å². The maximum absolute atomic E-state index is 9.69. The molecule has 1 N–H and O–H groups in total. The van der Waals surface area contributed by atoms with Crippen molar-refractivity contribution in [2.75, 3.05) is 0 Å². The molecule has 1 aromatic carbocycles. The molecule has 0 spiro atoms.